The van der Waals surface area contributed by atoms with Crippen LogP contribution < -0.4 is 10.6 Å². The summed E-state index contributed by atoms with van der Waals surface area (Å²) in [6.07, 6.45) is 1.42. The highest BCUT2D eigenvalue weighted by molar-refractivity contribution is 5.96. The monoisotopic (exact) mass is 204 g/mol. The van der Waals surface area contributed by atoms with Crippen molar-refractivity contribution >= 4 is 17.3 Å². The summed E-state index contributed by atoms with van der Waals surface area (Å²) in [5, 5.41) is 0. The van der Waals surface area contributed by atoms with Crippen molar-refractivity contribution in [2.75, 3.05) is 17.2 Å². The first kappa shape index (κ1) is 10.0. The van der Waals surface area contributed by atoms with Crippen molar-refractivity contribution in [3.05, 3.63) is 23.3 Å². The number of amides is 1. The number of nitrogens with zero attached hydrogens (tertiary/aromatic N) is 1. The van der Waals surface area contributed by atoms with Crippen LogP contribution in [0.15, 0.2) is 12.1 Å². The number of carbonyl (C=O) groups excluding carboxylic acids is 1. The highest BCUT2D eigenvalue weighted by Gasteiger charge is 2.23. The molecule has 1 aromatic rings. The number of rotatable bonds is 1. The molecule has 0 unspecified atom stereocenters. The van der Waals surface area contributed by atoms with Crippen LogP contribution in [0.4, 0.5) is 11.4 Å². The van der Waals surface area contributed by atoms with Gasteiger partial charge in [-0.3, -0.25) is 4.79 Å². The molecule has 1 amide bonds. The van der Waals surface area contributed by atoms with Gasteiger partial charge in [0.15, 0.2) is 0 Å². The van der Waals surface area contributed by atoms with E-state index in [9.17, 15) is 4.79 Å². The predicted octanol–water partition coefficient (Wildman–Crippen LogP) is 1.88. The van der Waals surface area contributed by atoms with Gasteiger partial charge in [-0.05, 0) is 43.5 Å². The number of nitrogen functional groups attached to an aromatic ring is 1. The van der Waals surface area contributed by atoms with E-state index in [-0.39, 0.29) is 5.91 Å². The second-order valence-electron chi connectivity index (χ2n) is 3.98. The van der Waals surface area contributed by atoms with Gasteiger partial charge < -0.3 is 10.6 Å². The summed E-state index contributed by atoms with van der Waals surface area (Å²) < 4.78 is 0. The van der Waals surface area contributed by atoms with E-state index >= 15 is 0 Å². The number of hydrogen-bond donors (Lipinski definition) is 1. The number of hydrogen-bond acceptors (Lipinski definition) is 2. The van der Waals surface area contributed by atoms with Gasteiger partial charge >= 0.3 is 0 Å². The summed E-state index contributed by atoms with van der Waals surface area (Å²) in [7, 11) is 0. The zero-order valence-corrected chi connectivity index (χ0v) is 9.21. The van der Waals surface area contributed by atoms with Gasteiger partial charge in [-0.1, -0.05) is 0 Å². The van der Waals surface area contributed by atoms with Crippen LogP contribution in [-0.4, -0.2) is 12.5 Å². The molecule has 0 atom stereocenters. The lowest BCUT2D eigenvalue weighted by molar-refractivity contribution is -0.118. The molecule has 0 saturated carbocycles. The van der Waals surface area contributed by atoms with Crippen LogP contribution in [0.3, 0.4) is 0 Å². The minimum absolute atomic E-state index is 0.217. The van der Waals surface area contributed by atoms with Crippen LogP contribution in [0.1, 0.15) is 24.5 Å². The topological polar surface area (TPSA) is 46.3 Å². The number of fused-ring (bicyclic) bond motifs is 1. The van der Waals surface area contributed by atoms with Crippen LogP contribution in [0.25, 0.3) is 0 Å². The fourth-order valence-corrected chi connectivity index (χ4v) is 2.07. The van der Waals surface area contributed by atoms with E-state index in [2.05, 4.69) is 0 Å². The van der Waals surface area contributed by atoms with Gasteiger partial charge in [0, 0.05) is 24.3 Å². The van der Waals surface area contributed by atoms with E-state index in [4.69, 9.17) is 5.73 Å². The maximum absolute atomic E-state index is 11.7. The molecule has 3 nitrogen and oxygen atoms in total. The Morgan fingerprint density at radius 1 is 1.40 bits per heavy atom. The number of aryl methyl sites for hydroxylation is 2. The molecule has 0 radical (unpaired) electrons. The van der Waals surface area contributed by atoms with Crippen LogP contribution >= 0.6 is 0 Å². The van der Waals surface area contributed by atoms with Gasteiger partial charge in [-0.2, -0.15) is 0 Å². The molecule has 2 rings (SSSR count). The fraction of sp³-hybridized carbons (Fsp3) is 0.417. The molecule has 1 heterocycles. The van der Waals surface area contributed by atoms with Crippen LogP contribution in [0, 0.1) is 6.92 Å². The molecule has 1 aliphatic heterocycles. The Kier molecular flexibility index (Phi) is 2.39. The molecule has 80 valence electrons. The third-order valence-electron chi connectivity index (χ3n) is 2.98. The van der Waals surface area contributed by atoms with Crippen molar-refractivity contribution < 1.29 is 4.79 Å². The lowest BCUT2D eigenvalue weighted by atomic mass is 9.98. The summed E-state index contributed by atoms with van der Waals surface area (Å²) in [6.45, 7) is 4.70. The summed E-state index contributed by atoms with van der Waals surface area (Å²) in [4.78, 5) is 13.5. The maximum Gasteiger partial charge on any atom is 0.227 e. The molecule has 0 aliphatic carbocycles. The Morgan fingerprint density at radius 2 is 2.13 bits per heavy atom. The summed E-state index contributed by atoms with van der Waals surface area (Å²) in [6, 6.07) is 4.02. The lowest BCUT2D eigenvalue weighted by Gasteiger charge is -2.29. The van der Waals surface area contributed by atoms with Crippen molar-refractivity contribution in [2.45, 2.75) is 26.7 Å². The Bertz CT molecular complexity index is 412. The number of carbonyl (C=O) groups is 1. The standard InChI is InChI=1S/C12H16N2O/c1-3-14-11-6-8(2)10(13)7-9(11)4-5-12(14)15/h6-7H,3-5,13H2,1-2H3. The molecule has 0 spiro atoms. The first-order valence-electron chi connectivity index (χ1n) is 5.33. The quantitative estimate of drug-likeness (QED) is 0.710. The third-order valence-corrected chi connectivity index (χ3v) is 2.98. The lowest BCUT2D eigenvalue weighted by Crippen LogP contribution is -2.34. The highest BCUT2D eigenvalue weighted by Crippen LogP contribution is 2.31. The molecule has 1 aliphatic rings. The van der Waals surface area contributed by atoms with Crippen molar-refractivity contribution in [3.8, 4) is 0 Å². The summed E-state index contributed by atoms with van der Waals surface area (Å²) in [5.41, 5.74) is 9.96. The van der Waals surface area contributed by atoms with Gasteiger partial charge in [0.05, 0.1) is 0 Å². The molecule has 0 saturated heterocycles. The van der Waals surface area contributed by atoms with Crippen molar-refractivity contribution in [3.63, 3.8) is 0 Å². The minimum atomic E-state index is 0.217. The van der Waals surface area contributed by atoms with E-state index < -0.39 is 0 Å². The van der Waals surface area contributed by atoms with E-state index in [1.54, 1.807) is 0 Å². The predicted molar refractivity (Wildman–Crippen MR) is 61.9 cm³/mol. The van der Waals surface area contributed by atoms with Crippen molar-refractivity contribution in [1.82, 2.24) is 0 Å². The average molecular weight is 204 g/mol. The van der Waals surface area contributed by atoms with Gasteiger partial charge in [0.25, 0.3) is 0 Å². The molecule has 15 heavy (non-hydrogen) atoms. The van der Waals surface area contributed by atoms with Gasteiger partial charge in [-0.25, -0.2) is 0 Å². The average Bonchev–Trinajstić information content (AvgIpc) is 2.21. The molecular formula is C12H16N2O. The summed E-state index contributed by atoms with van der Waals surface area (Å²) in [5.74, 6) is 0.217. The van der Waals surface area contributed by atoms with Crippen molar-refractivity contribution in [1.29, 1.82) is 0 Å². The zero-order valence-electron chi connectivity index (χ0n) is 9.21. The van der Waals surface area contributed by atoms with E-state index in [1.165, 1.54) is 5.56 Å². The molecule has 2 N–H and O–H groups in total. The number of anilines is 2. The molecule has 1 aromatic carbocycles. The van der Waals surface area contributed by atoms with Crippen molar-refractivity contribution in [2.24, 2.45) is 0 Å². The SMILES string of the molecule is CCN1C(=O)CCc2cc(N)c(C)cc21. The Morgan fingerprint density at radius 3 is 2.80 bits per heavy atom. The molecule has 0 fully saturated rings. The Balaban J connectivity index is 2.53. The van der Waals surface area contributed by atoms with Gasteiger partial charge in [0.2, 0.25) is 5.91 Å². The van der Waals surface area contributed by atoms with Gasteiger partial charge in [0.1, 0.15) is 0 Å². The first-order chi connectivity index (χ1) is 7.13. The van der Waals surface area contributed by atoms with E-state index in [1.807, 2.05) is 30.9 Å². The Labute approximate surface area is 89.9 Å². The third kappa shape index (κ3) is 1.58. The second kappa shape index (κ2) is 3.57. The Hall–Kier alpha value is -1.51. The van der Waals surface area contributed by atoms with Crippen LogP contribution in [0.5, 0.6) is 0 Å². The largest absolute Gasteiger partial charge is 0.399 e. The van der Waals surface area contributed by atoms with E-state index in [0.717, 1.165) is 29.9 Å². The van der Waals surface area contributed by atoms with Crippen LogP contribution in [-0.2, 0) is 11.2 Å². The van der Waals surface area contributed by atoms with Gasteiger partial charge in [-0.15, -0.1) is 0 Å². The molecule has 3 heteroatoms. The number of benzene rings is 1. The second-order valence-corrected chi connectivity index (χ2v) is 3.98. The normalized spacial score (nSPS) is 15.3. The minimum Gasteiger partial charge on any atom is -0.399 e. The smallest absolute Gasteiger partial charge is 0.227 e. The molecule has 0 bridgehead atoms. The fourth-order valence-electron chi connectivity index (χ4n) is 2.07. The zero-order chi connectivity index (χ0) is 11.0. The summed E-state index contributed by atoms with van der Waals surface area (Å²) >= 11 is 0. The van der Waals surface area contributed by atoms with E-state index in [0.29, 0.717) is 6.42 Å². The van der Waals surface area contributed by atoms with Crippen LogP contribution in [0.2, 0.25) is 0 Å². The number of nitrogens with two attached hydrogens (primary N) is 1. The maximum atomic E-state index is 11.7. The highest BCUT2D eigenvalue weighted by atomic mass is 16.2. The molecule has 0 aromatic heterocycles. The molecular weight excluding hydrogens is 188 g/mol. The first-order valence-corrected chi connectivity index (χ1v) is 5.33.